The molecule has 2 aliphatic rings. The van der Waals surface area contributed by atoms with Gasteiger partial charge in [-0.05, 0) is 49.3 Å². The van der Waals surface area contributed by atoms with Crippen molar-refractivity contribution in [2.45, 2.75) is 31.9 Å². The Bertz CT molecular complexity index is 549. The summed E-state index contributed by atoms with van der Waals surface area (Å²) in [5.41, 5.74) is -1.37. The number of hydrogen-bond donors (Lipinski definition) is 0. The molecule has 2 saturated carbocycles. The van der Waals surface area contributed by atoms with Crippen LogP contribution in [-0.2, 0) is 6.18 Å². The average molecular weight is 286 g/mol. The summed E-state index contributed by atoms with van der Waals surface area (Å²) in [5.74, 6) is -0.937. The highest BCUT2D eigenvalue weighted by atomic mass is 19.4. The summed E-state index contributed by atoms with van der Waals surface area (Å²) >= 11 is 0. The van der Waals surface area contributed by atoms with E-state index in [1.54, 1.807) is 0 Å². The van der Waals surface area contributed by atoms with Crippen molar-refractivity contribution >= 4 is 5.78 Å². The molecule has 2 bridgehead atoms. The minimum atomic E-state index is -4.77. The van der Waals surface area contributed by atoms with Gasteiger partial charge >= 0.3 is 6.18 Å². The Hall–Kier alpha value is -1.39. The van der Waals surface area contributed by atoms with Gasteiger partial charge in [0, 0.05) is 11.5 Å². The van der Waals surface area contributed by atoms with Crippen molar-refractivity contribution < 1.29 is 22.4 Å². The predicted molar refractivity (Wildman–Crippen MR) is 64.7 cm³/mol. The maximum atomic E-state index is 13.2. The molecule has 0 spiro atoms. The fourth-order valence-corrected chi connectivity index (χ4v) is 3.68. The Morgan fingerprint density at radius 3 is 2.45 bits per heavy atom. The zero-order valence-electron chi connectivity index (χ0n) is 10.7. The van der Waals surface area contributed by atoms with Crippen molar-refractivity contribution in [3.8, 4) is 0 Å². The Morgan fingerprint density at radius 2 is 1.90 bits per heavy atom. The molecule has 0 heterocycles. The fraction of sp³-hybridized carbons (Fsp3) is 0.533. The number of rotatable bonds is 2. The maximum Gasteiger partial charge on any atom is 0.419 e. The molecule has 0 amide bonds. The minimum Gasteiger partial charge on any atom is -0.294 e. The van der Waals surface area contributed by atoms with Gasteiger partial charge in [0.1, 0.15) is 5.82 Å². The number of alkyl halides is 3. The second-order valence-corrected chi connectivity index (χ2v) is 5.84. The number of ketones is 1. The number of fused-ring (bicyclic) bond motifs is 2. The molecule has 108 valence electrons. The first-order valence-electron chi connectivity index (χ1n) is 6.77. The number of benzene rings is 1. The highest BCUT2D eigenvalue weighted by Gasteiger charge is 2.43. The number of Topliss-reactive ketones (excluding diaryl/α,β-unsaturated/α-hetero) is 1. The second-order valence-electron chi connectivity index (χ2n) is 5.84. The van der Waals surface area contributed by atoms with Gasteiger partial charge < -0.3 is 0 Å². The predicted octanol–water partition coefficient (Wildman–Crippen LogP) is 4.46. The Labute approximate surface area is 114 Å². The van der Waals surface area contributed by atoms with Crippen molar-refractivity contribution in [3.63, 3.8) is 0 Å². The van der Waals surface area contributed by atoms with E-state index in [9.17, 15) is 22.4 Å². The molecular formula is C15H14F4O. The SMILES string of the molecule is O=C(c1ccc(F)c(C(F)(F)F)c1)C1CC2CCC1C2. The van der Waals surface area contributed by atoms with E-state index in [-0.39, 0.29) is 17.3 Å². The van der Waals surface area contributed by atoms with Crippen molar-refractivity contribution in [2.24, 2.45) is 17.8 Å². The van der Waals surface area contributed by atoms with Gasteiger partial charge in [-0.15, -0.1) is 0 Å². The Morgan fingerprint density at radius 1 is 1.15 bits per heavy atom. The van der Waals surface area contributed by atoms with Gasteiger partial charge in [0.2, 0.25) is 0 Å². The zero-order valence-corrected chi connectivity index (χ0v) is 10.7. The van der Waals surface area contributed by atoms with Gasteiger partial charge in [0.05, 0.1) is 5.56 Å². The molecule has 3 unspecified atom stereocenters. The van der Waals surface area contributed by atoms with E-state index >= 15 is 0 Å². The molecule has 0 saturated heterocycles. The highest BCUT2D eigenvalue weighted by molar-refractivity contribution is 5.98. The van der Waals surface area contributed by atoms with Crippen LogP contribution in [0.3, 0.4) is 0 Å². The number of carbonyl (C=O) groups is 1. The van der Waals surface area contributed by atoms with Crippen LogP contribution in [0.2, 0.25) is 0 Å². The highest BCUT2D eigenvalue weighted by Crippen LogP contribution is 2.49. The largest absolute Gasteiger partial charge is 0.419 e. The van der Waals surface area contributed by atoms with Crippen molar-refractivity contribution in [2.75, 3.05) is 0 Å². The Balaban J connectivity index is 1.89. The van der Waals surface area contributed by atoms with E-state index < -0.39 is 17.6 Å². The molecule has 0 radical (unpaired) electrons. The summed E-state index contributed by atoms with van der Waals surface area (Å²) in [5, 5.41) is 0. The first kappa shape index (κ1) is 13.6. The molecule has 3 rings (SSSR count). The topological polar surface area (TPSA) is 17.1 Å². The van der Waals surface area contributed by atoms with Crippen LogP contribution in [0.1, 0.15) is 41.6 Å². The summed E-state index contributed by atoms with van der Waals surface area (Å²) in [7, 11) is 0. The Kier molecular flexibility index (Phi) is 3.10. The van der Waals surface area contributed by atoms with Gasteiger partial charge in [-0.25, -0.2) is 4.39 Å². The van der Waals surface area contributed by atoms with Gasteiger partial charge in [-0.3, -0.25) is 4.79 Å². The third kappa shape index (κ3) is 2.23. The number of hydrogen-bond acceptors (Lipinski definition) is 1. The van der Waals surface area contributed by atoms with Gasteiger partial charge in [0.25, 0.3) is 0 Å². The quantitative estimate of drug-likeness (QED) is 0.579. The van der Waals surface area contributed by atoms with E-state index in [2.05, 4.69) is 0 Å². The summed E-state index contributed by atoms with van der Waals surface area (Å²) < 4.78 is 51.2. The van der Waals surface area contributed by atoms with Gasteiger partial charge in [-0.1, -0.05) is 6.42 Å². The number of carbonyl (C=O) groups excluding carboxylic acids is 1. The van der Waals surface area contributed by atoms with Crippen LogP contribution in [0, 0.1) is 23.6 Å². The lowest BCUT2D eigenvalue weighted by Crippen LogP contribution is -2.22. The maximum absolute atomic E-state index is 13.2. The monoisotopic (exact) mass is 286 g/mol. The standard InChI is InChI=1S/C15H14F4O/c16-13-4-3-10(7-12(13)15(17,18)19)14(20)11-6-8-1-2-9(11)5-8/h3-4,7-9,11H,1-2,5-6H2. The smallest absolute Gasteiger partial charge is 0.294 e. The van der Waals surface area contributed by atoms with E-state index in [1.807, 2.05) is 0 Å². The molecule has 20 heavy (non-hydrogen) atoms. The average Bonchev–Trinajstić information content (AvgIpc) is 2.99. The molecule has 0 N–H and O–H groups in total. The van der Waals surface area contributed by atoms with Crippen LogP contribution in [-0.4, -0.2) is 5.78 Å². The van der Waals surface area contributed by atoms with E-state index in [4.69, 9.17) is 0 Å². The third-order valence-corrected chi connectivity index (χ3v) is 4.63. The summed E-state index contributed by atoms with van der Waals surface area (Å²) in [6.45, 7) is 0. The third-order valence-electron chi connectivity index (χ3n) is 4.63. The first-order chi connectivity index (χ1) is 9.36. The summed E-state index contributed by atoms with van der Waals surface area (Å²) in [6, 6.07) is 2.56. The van der Waals surface area contributed by atoms with Crippen molar-refractivity contribution in [1.82, 2.24) is 0 Å². The minimum absolute atomic E-state index is 0.0173. The van der Waals surface area contributed by atoms with E-state index in [0.717, 1.165) is 31.7 Å². The molecule has 5 heteroatoms. The molecule has 2 fully saturated rings. The summed E-state index contributed by atoms with van der Waals surface area (Å²) in [4.78, 5) is 12.3. The number of halogens is 4. The molecule has 1 aromatic carbocycles. The fourth-order valence-electron chi connectivity index (χ4n) is 3.68. The molecule has 1 aromatic rings. The molecule has 0 aromatic heterocycles. The van der Waals surface area contributed by atoms with E-state index in [0.29, 0.717) is 17.9 Å². The zero-order chi connectivity index (χ0) is 14.5. The molecule has 1 nitrogen and oxygen atoms in total. The molecular weight excluding hydrogens is 272 g/mol. The van der Waals surface area contributed by atoms with Crippen LogP contribution < -0.4 is 0 Å². The summed E-state index contributed by atoms with van der Waals surface area (Å²) in [6.07, 6.45) is -0.902. The van der Waals surface area contributed by atoms with Gasteiger partial charge in [0.15, 0.2) is 5.78 Å². The van der Waals surface area contributed by atoms with Crippen LogP contribution in [0.15, 0.2) is 18.2 Å². The van der Waals surface area contributed by atoms with Crippen molar-refractivity contribution in [3.05, 3.63) is 35.1 Å². The van der Waals surface area contributed by atoms with Crippen LogP contribution in [0.4, 0.5) is 17.6 Å². The van der Waals surface area contributed by atoms with Gasteiger partial charge in [-0.2, -0.15) is 13.2 Å². The van der Waals surface area contributed by atoms with Crippen LogP contribution in [0.25, 0.3) is 0 Å². The lowest BCUT2D eigenvalue weighted by molar-refractivity contribution is -0.140. The van der Waals surface area contributed by atoms with E-state index in [1.165, 1.54) is 6.07 Å². The van der Waals surface area contributed by atoms with Crippen LogP contribution >= 0.6 is 0 Å². The lowest BCUT2D eigenvalue weighted by Gasteiger charge is -2.20. The second kappa shape index (κ2) is 4.57. The molecule has 3 atom stereocenters. The first-order valence-corrected chi connectivity index (χ1v) is 6.77. The van der Waals surface area contributed by atoms with Crippen molar-refractivity contribution in [1.29, 1.82) is 0 Å². The lowest BCUT2D eigenvalue weighted by atomic mass is 9.83. The molecule has 2 aliphatic carbocycles. The van der Waals surface area contributed by atoms with Crippen LogP contribution in [0.5, 0.6) is 0 Å². The normalized spacial score (nSPS) is 28.9. The molecule has 0 aliphatic heterocycles.